The first kappa shape index (κ1) is 24.3. The fraction of sp³-hybridized carbons (Fsp3) is 0.400. The van der Waals surface area contributed by atoms with Gasteiger partial charge in [0.25, 0.3) is 5.91 Å². The van der Waals surface area contributed by atoms with Crippen molar-refractivity contribution >= 4 is 50.5 Å². The summed E-state index contributed by atoms with van der Waals surface area (Å²) >= 11 is 1.40. The topological polar surface area (TPSA) is 92.8 Å². The number of benzene rings is 1. The predicted octanol–water partition coefficient (Wildman–Crippen LogP) is 3.38. The van der Waals surface area contributed by atoms with E-state index in [-0.39, 0.29) is 17.3 Å². The molecule has 1 N–H and O–H groups in total. The zero-order chi connectivity index (χ0) is 21.2. The van der Waals surface area contributed by atoms with Gasteiger partial charge < -0.3 is 10.1 Å². The van der Waals surface area contributed by atoms with Crippen molar-refractivity contribution in [1.29, 1.82) is 0 Å². The first-order chi connectivity index (χ1) is 13.7. The van der Waals surface area contributed by atoms with Crippen LogP contribution in [0.15, 0.2) is 29.2 Å². The molecule has 7 nitrogen and oxygen atoms in total. The number of carbonyl (C=O) groups excluding carboxylic acids is 2. The molecule has 2 aromatic rings. The number of amides is 1. The van der Waals surface area contributed by atoms with E-state index in [1.54, 1.807) is 0 Å². The van der Waals surface area contributed by atoms with Gasteiger partial charge in [-0.05, 0) is 49.2 Å². The van der Waals surface area contributed by atoms with E-state index in [1.165, 1.54) is 42.7 Å². The highest BCUT2D eigenvalue weighted by atomic mass is 35.5. The van der Waals surface area contributed by atoms with Crippen LogP contribution in [-0.2, 0) is 27.5 Å². The molecule has 0 fully saturated rings. The minimum Gasteiger partial charge on any atom is -0.465 e. The van der Waals surface area contributed by atoms with Crippen molar-refractivity contribution in [3.8, 4) is 0 Å². The number of methoxy groups -OCH3 is 1. The van der Waals surface area contributed by atoms with Crippen LogP contribution in [0.4, 0.5) is 5.00 Å². The summed E-state index contributed by atoms with van der Waals surface area (Å²) in [6.07, 6.45) is 2.90. The Hall–Kier alpha value is -1.94. The van der Waals surface area contributed by atoms with Gasteiger partial charge in [-0.15, -0.1) is 23.7 Å². The SMILES string of the molecule is CCCN1CCc2c(sc(NC(=O)c3ccc(S(C)(=O)=O)cc3)c2C(=O)OC)C1.Cl. The molecule has 0 atom stereocenters. The molecule has 2 heterocycles. The molecule has 0 bridgehead atoms. The van der Waals surface area contributed by atoms with E-state index in [0.29, 0.717) is 16.1 Å². The number of rotatable bonds is 6. The Morgan fingerprint density at radius 1 is 1.23 bits per heavy atom. The first-order valence-corrected chi connectivity index (χ1v) is 12.0. The lowest BCUT2D eigenvalue weighted by Gasteiger charge is -2.26. The number of thiophene rings is 1. The summed E-state index contributed by atoms with van der Waals surface area (Å²) in [5, 5.41) is 3.28. The number of hydrogen-bond donors (Lipinski definition) is 1. The van der Waals surface area contributed by atoms with Crippen LogP contribution in [0.1, 0.15) is 44.5 Å². The molecule has 0 spiro atoms. The van der Waals surface area contributed by atoms with E-state index in [4.69, 9.17) is 4.74 Å². The molecule has 0 radical (unpaired) electrons. The summed E-state index contributed by atoms with van der Waals surface area (Å²) in [4.78, 5) is 28.6. The number of fused-ring (bicyclic) bond motifs is 1. The normalized spacial score (nSPS) is 13.8. The Morgan fingerprint density at radius 2 is 1.90 bits per heavy atom. The highest BCUT2D eigenvalue weighted by Gasteiger charge is 2.29. The number of sulfone groups is 1. The highest BCUT2D eigenvalue weighted by molar-refractivity contribution is 7.90. The number of nitrogens with one attached hydrogen (secondary N) is 1. The third-order valence-corrected chi connectivity index (χ3v) is 7.10. The smallest absolute Gasteiger partial charge is 0.341 e. The maximum Gasteiger partial charge on any atom is 0.341 e. The van der Waals surface area contributed by atoms with E-state index in [2.05, 4.69) is 17.1 Å². The van der Waals surface area contributed by atoms with Crippen molar-refractivity contribution in [2.24, 2.45) is 0 Å². The molecule has 0 unspecified atom stereocenters. The molecule has 164 valence electrons. The zero-order valence-corrected chi connectivity index (χ0v) is 19.5. The number of nitrogens with zero attached hydrogens (tertiary/aromatic N) is 1. The Bertz CT molecular complexity index is 1030. The summed E-state index contributed by atoms with van der Waals surface area (Å²) in [5.41, 5.74) is 1.67. The minimum atomic E-state index is -3.33. The highest BCUT2D eigenvalue weighted by Crippen LogP contribution is 2.38. The monoisotopic (exact) mass is 472 g/mol. The van der Waals surface area contributed by atoms with Gasteiger partial charge in [-0.3, -0.25) is 9.69 Å². The number of halogens is 1. The molecular weight excluding hydrogens is 448 g/mol. The lowest BCUT2D eigenvalue weighted by Crippen LogP contribution is -2.30. The number of anilines is 1. The van der Waals surface area contributed by atoms with Crippen LogP contribution >= 0.6 is 23.7 Å². The number of carbonyl (C=O) groups is 2. The van der Waals surface area contributed by atoms with E-state index >= 15 is 0 Å². The van der Waals surface area contributed by atoms with Gasteiger partial charge in [0.05, 0.1) is 17.6 Å². The average Bonchev–Trinajstić information content (AvgIpc) is 3.04. The van der Waals surface area contributed by atoms with Gasteiger partial charge in [-0.2, -0.15) is 0 Å². The van der Waals surface area contributed by atoms with Crippen molar-refractivity contribution in [2.45, 2.75) is 31.2 Å². The Labute approximate surface area is 186 Å². The van der Waals surface area contributed by atoms with Crippen molar-refractivity contribution < 1.29 is 22.7 Å². The quantitative estimate of drug-likeness (QED) is 0.648. The Balaban J connectivity index is 0.00000320. The lowest BCUT2D eigenvalue weighted by molar-refractivity contribution is 0.0600. The van der Waals surface area contributed by atoms with Crippen LogP contribution in [0.3, 0.4) is 0 Å². The Kier molecular flexibility index (Phi) is 8.04. The van der Waals surface area contributed by atoms with Crippen LogP contribution < -0.4 is 5.32 Å². The molecule has 1 amide bonds. The van der Waals surface area contributed by atoms with Gasteiger partial charge in [-0.1, -0.05) is 6.92 Å². The molecule has 10 heteroatoms. The molecule has 0 saturated heterocycles. The third-order valence-electron chi connectivity index (χ3n) is 4.84. The third kappa shape index (κ3) is 5.21. The summed E-state index contributed by atoms with van der Waals surface area (Å²) in [5.74, 6) is -0.867. The molecule has 3 rings (SSSR count). The van der Waals surface area contributed by atoms with E-state index in [0.717, 1.165) is 49.2 Å². The van der Waals surface area contributed by atoms with Crippen LogP contribution in [0.5, 0.6) is 0 Å². The average molecular weight is 473 g/mol. The van der Waals surface area contributed by atoms with Gasteiger partial charge in [-0.25, -0.2) is 13.2 Å². The maximum atomic E-state index is 12.7. The van der Waals surface area contributed by atoms with Gasteiger partial charge in [0.1, 0.15) is 5.00 Å². The standard InChI is InChI=1S/C20H24N2O5S2.ClH/c1-4-10-22-11-9-15-16(12-22)28-19(17(15)20(24)27-2)21-18(23)13-5-7-14(8-6-13)29(3,25)26;/h5-8H,4,9-12H2,1-3H3,(H,21,23);1H. The van der Waals surface area contributed by atoms with Crippen molar-refractivity contribution in [2.75, 3.05) is 31.8 Å². The van der Waals surface area contributed by atoms with Gasteiger partial charge in [0, 0.05) is 29.8 Å². The first-order valence-electron chi connectivity index (χ1n) is 9.31. The molecule has 1 aliphatic rings. The van der Waals surface area contributed by atoms with Crippen LogP contribution in [-0.4, -0.2) is 51.6 Å². The number of hydrogen-bond acceptors (Lipinski definition) is 7. The van der Waals surface area contributed by atoms with Crippen molar-refractivity contribution in [3.05, 3.63) is 45.8 Å². The van der Waals surface area contributed by atoms with Gasteiger partial charge in [0.2, 0.25) is 0 Å². The molecule has 1 aromatic carbocycles. The molecule has 1 aliphatic heterocycles. The lowest BCUT2D eigenvalue weighted by atomic mass is 10.0. The van der Waals surface area contributed by atoms with Crippen molar-refractivity contribution in [1.82, 2.24) is 4.90 Å². The largest absolute Gasteiger partial charge is 0.465 e. The summed E-state index contributed by atoms with van der Waals surface area (Å²) < 4.78 is 28.1. The minimum absolute atomic E-state index is 0. The van der Waals surface area contributed by atoms with Crippen LogP contribution in [0.2, 0.25) is 0 Å². The van der Waals surface area contributed by atoms with E-state index in [9.17, 15) is 18.0 Å². The number of esters is 1. The molecular formula is C20H25ClN2O5S2. The summed E-state index contributed by atoms with van der Waals surface area (Å²) in [6, 6.07) is 5.71. The van der Waals surface area contributed by atoms with Gasteiger partial charge in [0.15, 0.2) is 9.84 Å². The van der Waals surface area contributed by atoms with Crippen LogP contribution in [0.25, 0.3) is 0 Å². The Morgan fingerprint density at radius 3 is 2.47 bits per heavy atom. The summed E-state index contributed by atoms with van der Waals surface area (Å²) in [6.45, 7) is 4.72. The second-order valence-electron chi connectivity index (χ2n) is 6.98. The predicted molar refractivity (Wildman–Crippen MR) is 120 cm³/mol. The number of ether oxygens (including phenoxy) is 1. The molecule has 1 aromatic heterocycles. The fourth-order valence-corrected chi connectivity index (χ4v) is 5.30. The second kappa shape index (κ2) is 9.91. The van der Waals surface area contributed by atoms with Crippen molar-refractivity contribution in [3.63, 3.8) is 0 Å². The van der Waals surface area contributed by atoms with Crippen LogP contribution in [0, 0.1) is 0 Å². The molecule has 30 heavy (non-hydrogen) atoms. The zero-order valence-electron chi connectivity index (χ0n) is 17.1. The molecule has 0 aliphatic carbocycles. The fourth-order valence-electron chi connectivity index (χ4n) is 3.40. The van der Waals surface area contributed by atoms with E-state index < -0.39 is 21.7 Å². The molecule has 0 saturated carbocycles. The second-order valence-corrected chi connectivity index (χ2v) is 10.1. The maximum absolute atomic E-state index is 12.7. The summed E-state index contributed by atoms with van der Waals surface area (Å²) in [7, 11) is -2.01. The van der Waals surface area contributed by atoms with E-state index in [1.807, 2.05) is 0 Å². The van der Waals surface area contributed by atoms with Gasteiger partial charge >= 0.3 is 5.97 Å².